The summed E-state index contributed by atoms with van der Waals surface area (Å²) in [6, 6.07) is 12.2. The second-order valence-corrected chi connectivity index (χ2v) is 5.52. The first-order valence-electron chi connectivity index (χ1n) is 6.52. The molecule has 2 aromatic rings. The minimum Gasteiger partial charge on any atom is -0.310 e. The Balaban J connectivity index is 2.26. The van der Waals surface area contributed by atoms with E-state index in [0.717, 1.165) is 17.7 Å². The van der Waals surface area contributed by atoms with Crippen LogP contribution in [0, 0.1) is 5.82 Å². The van der Waals surface area contributed by atoms with E-state index in [-0.39, 0.29) is 11.9 Å². The summed E-state index contributed by atoms with van der Waals surface area (Å²) in [6.07, 6.45) is 0.683. The van der Waals surface area contributed by atoms with Crippen LogP contribution in [0.5, 0.6) is 0 Å². The molecule has 4 heteroatoms. The first-order valence-corrected chi connectivity index (χ1v) is 7.28. The van der Waals surface area contributed by atoms with Gasteiger partial charge >= 0.3 is 0 Å². The number of hydrogen-bond acceptors (Lipinski definition) is 1. The van der Waals surface area contributed by atoms with E-state index in [1.807, 2.05) is 25.1 Å². The molecule has 0 heterocycles. The van der Waals surface area contributed by atoms with Crippen LogP contribution < -0.4 is 5.32 Å². The lowest BCUT2D eigenvalue weighted by Crippen LogP contribution is -2.23. The largest absolute Gasteiger partial charge is 0.310 e. The molecule has 0 aliphatic heterocycles. The molecule has 2 rings (SSSR count). The van der Waals surface area contributed by atoms with Gasteiger partial charge in [0.05, 0.1) is 0 Å². The van der Waals surface area contributed by atoms with Crippen LogP contribution in [0.25, 0.3) is 0 Å². The predicted molar refractivity (Wildman–Crippen MR) is 83.0 cm³/mol. The van der Waals surface area contributed by atoms with Crippen molar-refractivity contribution < 1.29 is 4.39 Å². The molecule has 1 unspecified atom stereocenters. The Morgan fingerprint density at radius 2 is 1.80 bits per heavy atom. The highest BCUT2D eigenvalue weighted by molar-refractivity contribution is 6.34. The number of benzene rings is 2. The van der Waals surface area contributed by atoms with Gasteiger partial charge in [-0.25, -0.2) is 4.39 Å². The maximum Gasteiger partial charge on any atom is 0.123 e. The van der Waals surface area contributed by atoms with Crippen LogP contribution in [0.3, 0.4) is 0 Å². The molecule has 0 aromatic heterocycles. The molecular weight excluding hydrogens is 296 g/mol. The summed E-state index contributed by atoms with van der Waals surface area (Å²) in [4.78, 5) is 0. The zero-order chi connectivity index (χ0) is 14.5. The zero-order valence-corrected chi connectivity index (χ0v) is 12.7. The van der Waals surface area contributed by atoms with E-state index >= 15 is 0 Å². The quantitative estimate of drug-likeness (QED) is 0.817. The molecular formula is C16H16Cl2FN. The molecule has 0 saturated carbocycles. The molecule has 106 valence electrons. The van der Waals surface area contributed by atoms with Crippen LogP contribution in [0.1, 0.15) is 24.1 Å². The van der Waals surface area contributed by atoms with Gasteiger partial charge in [0, 0.05) is 16.1 Å². The van der Waals surface area contributed by atoms with Crippen LogP contribution in [-0.4, -0.2) is 6.54 Å². The SMILES string of the molecule is CCNC(Cc1cccc(F)c1)c1cc(Cl)cc(Cl)c1. The summed E-state index contributed by atoms with van der Waals surface area (Å²) < 4.78 is 13.3. The van der Waals surface area contributed by atoms with Crippen molar-refractivity contribution >= 4 is 23.2 Å². The summed E-state index contributed by atoms with van der Waals surface area (Å²) in [5, 5.41) is 4.59. The molecule has 1 atom stereocenters. The number of rotatable bonds is 5. The Hall–Kier alpha value is -1.09. The second kappa shape index (κ2) is 7.07. The van der Waals surface area contributed by atoms with E-state index in [9.17, 15) is 4.39 Å². The Morgan fingerprint density at radius 1 is 1.10 bits per heavy atom. The number of hydrogen-bond donors (Lipinski definition) is 1. The Morgan fingerprint density at radius 3 is 2.40 bits per heavy atom. The normalized spacial score (nSPS) is 12.4. The van der Waals surface area contributed by atoms with E-state index in [0.29, 0.717) is 16.5 Å². The average Bonchev–Trinajstić information content (AvgIpc) is 2.37. The molecule has 0 radical (unpaired) electrons. The van der Waals surface area contributed by atoms with Crippen molar-refractivity contribution in [2.75, 3.05) is 6.54 Å². The molecule has 1 N–H and O–H groups in total. The maximum absolute atomic E-state index is 13.3. The predicted octanol–water partition coefficient (Wildman–Crippen LogP) is 5.03. The molecule has 0 amide bonds. The Kier molecular flexibility index (Phi) is 5.41. The van der Waals surface area contributed by atoms with Gasteiger partial charge in [0.25, 0.3) is 0 Å². The fraction of sp³-hybridized carbons (Fsp3) is 0.250. The highest BCUT2D eigenvalue weighted by atomic mass is 35.5. The van der Waals surface area contributed by atoms with Crippen LogP contribution in [0.4, 0.5) is 4.39 Å². The van der Waals surface area contributed by atoms with Crippen molar-refractivity contribution in [3.63, 3.8) is 0 Å². The highest BCUT2D eigenvalue weighted by Gasteiger charge is 2.13. The second-order valence-electron chi connectivity index (χ2n) is 4.65. The van der Waals surface area contributed by atoms with Crippen molar-refractivity contribution in [1.29, 1.82) is 0 Å². The first kappa shape index (κ1) is 15.3. The third-order valence-corrected chi connectivity index (χ3v) is 3.50. The number of nitrogens with one attached hydrogen (secondary N) is 1. The van der Waals surface area contributed by atoms with Gasteiger partial charge in [0.1, 0.15) is 5.82 Å². The van der Waals surface area contributed by atoms with Crippen molar-refractivity contribution in [3.8, 4) is 0 Å². The van der Waals surface area contributed by atoms with Crippen LogP contribution in [0.2, 0.25) is 10.0 Å². The summed E-state index contributed by atoms with van der Waals surface area (Å²) in [7, 11) is 0. The van der Waals surface area contributed by atoms with E-state index < -0.39 is 0 Å². The molecule has 0 saturated heterocycles. The zero-order valence-electron chi connectivity index (χ0n) is 11.2. The summed E-state index contributed by atoms with van der Waals surface area (Å²) in [5.74, 6) is -0.220. The number of halogens is 3. The molecule has 0 spiro atoms. The molecule has 2 aromatic carbocycles. The van der Waals surface area contributed by atoms with Crippen molar-refractivity contribution in [2.24, 2.45) is 0 Å². The maximum atomic E-state index is 13.3. The van der Waals surface area contributed by atoms with Gasteiger partial charge < -0.3 is 5.32 Å². The van der Waals surface area contributed by atoms with E-state index in [1.165, 1.54) is 6.07 Å². The molecule has 20 heavy (non-hydrogen) atoms. The minimum atomic E-state index is -0.220. The first-order chi connectivity index (χ1) is 9.58. The Bertz CT molecular complexity index is 566. The fourth-order valence-corrected chi connectivity index (χ4v) is 2.77. The monoisotopic (exact) mass is 311 g/mol. The molecule has 0 aliphatic rings. The van der Waals surface area contributed by atoms with Gasteiger partial charge in [-0.3, -0.25) is 0 Å². The smallest absolute Gasteiger partial charge is 0.123 e. The van der Waals surface area contributed by atoms with Crippen LogP contribution in [0.15, 0.2) is 42.5 Å². The summed E-state index contributed by atoms with van der Waals surface area (Å²) >= 11 is 12.1. The molecule has 0 aliphatic carbocycles. The van der Waals surface area contributed by atoms with Crippen molar-refractivity contribution in [2.45, 2.75) is 19.4 Å². The third kappa shape index (κ3) is 4.20. The minimum absolute atomic E-state index is 0.0537. The van der Waals surface area contributed by atoms with Gasteiger partial charge in [0.2, 0.25) is 0 Å². The highest BCUT2D eigenvalue weighted by Crippen LogP contribution is 2.26. The van der Waals surface area contributed by atoms with Gasteiger partial charge in [0.15, 0.2) is 0 Å². The van der Waals surface area contributed by atoms with Gasteiger partial charge in [-0.05, 0) is 54.4 Å². The molecule has 1 nitrogen and oxygen atoms in total. The van der Waals surface area contributed by atoms with E-state index in [4.69, 9.17) is 23.2 Å². The van der Waals surface area contributed by atoms with Gasteiger partial charge in [-0.15, -0.1) is 0 Å². The fourth-order valence-electron chi connectivity index (χ4n) is 2.23. The van der Waals surface area contributed by atoms with Gasteiger partial charge in [-0.2, -0.15) is 0 Å². The lowest BCUT2D eigenvalue weighted by Gasteiger charge is -2.19. The summed E-state index contributed by atoms with van der Waals surface area (Å²) in [5.41, 5.74) is 1.95. The lowest BCUT2D eigenvalue weighted by atomic mass is 9.98. The lowest BCUT2D eigenvalue weighted by molar-refractivity contribution is 0.547. The molecule has 0 bridgehead atoms. The number of likely N-dealkylation sites (N-methyl/N-ethyl adjacent to an activating group) is 1. The molecule has 0 fully saturated rings. The van der Waals surface area contributed by atoms with E-state index in [2.05, 4.69) is 5.32 Å². The average molecular weight is 312 g/mol. The van der Waals surface area contributed by atoms with Gasteiger partial charge in [-0.1, -0.05) is 42.3 Å². The third-order valence-electron chi connectivity index (χ3n) is 3.07. The Labute approximate surface area is 128 Å². The standard InChI is InChI=1S/C16H16Cl2FN/c1-2-20-16(7-11-4-3-5-15(19)6-11)12-8-13(17)10-14(18)9-12/h3-6,8-10,16,20H,2,7H2,1H3. The summed E-state index contributed by atoms with van der Waals surface area (Å²) in [6.45, 7) is 2.84. The van der Waals surface area contributed by atoms with Crippen LogP contribution >= 0.6 is 23.2 Å². The van der Waals surface area contributed by atoms with Crippen LogP contribution in [-0.2, 0) is 6.42 Å². The van der Waals surface area contributed by atoms with Crippen molar-refractivity contribution in [1.82, 2.24) is 5.32 Å². The topological polar surface area (TPSA) is 12.0 Å². The van der Waals surface area contributed by atoms with Crippen molar-refractivity contribution in [3.05, 3.63) is 69.5 Å². The van der Waals surface area contributed by atoms with E-state index in [1.54, 1.807) is 18.2 Å².